The van der Waals surface area contributed by atoms with E-state index in [1.165, 1.54) is 7.11 Å². The van der Waals surface area contributed by atoms with Crippen molar-refractivity contribution in [2.24, 2.45) is 11.3 Å². The number of nitrogens with one attached hydrogen (secondary N) is 1. The minimum absolute atomic E-state index is 0.0555. The van der Waals surface area contributed by atoms with Crippen LogP contribution >= 0.6 is 0 Å². The molecular weight excluding hydrogens is 505 g/mol. The first kappa shape index (κ1) is 27.3. The van der Waals surface area contributed by atoms with Crippen molar-refractivity contribution in [3.63, 3.8) is 0 Å². The van der Waals surface area contributed by atoms with Gasteiger partial charge in [-0.3, -0.25) is 14.6 Å². The normalized spacial score (nSPS) is 31.3. The van der Waals surface area contributed by atoms with E-state index in [2.05, 4.69) is 10.3 Å². The van der Waals surface area contributed by atoms with Crippen molar-refractivity contribution in [3.8, 4) is 0 Å². The predicted molar refractivity (Wildman–Crippen MR) is 129 cm³/mol. The van der Waals surface area contributed by atoms with Crippen LogP contribution < -0.4 is 5.32 Å². The number of halogens is 3. The number of likely N-dealkylation sites (tertiary alicyclic amines) is 1. The van der Waals surface area contributed by atoms with Crippen LogP contribution in [0.4, 0.5) is 13.2 Å². The largest absolute Gasteiger partial charge is 0.417 e. The summed E-state index contributed by atoms with van der Waals surface area (Å²) < 4.78 is 56.1. The molecule has 1 aromatic heterocycles. The lowest BCUT2D eigenvalue weighted by molar-refractivity contribution is -0.144. The molecule has 5 rings (SSSR count). The Labute approximate surface area is 220 Å². The first-order chi connectivity index (χ1) is 18.1. The summed E-state index contributed by atoms with van der Waals surface area (Å²) in [6.45, 7) is 2.29. The third-order valence-electron chi connectivity index (χ3n) is 8.63. The van der Waals surface area contributed by atoms with Gasteiger partial charge in [-0.05, 0) is 36.8 Å². The molecule has 12 heteroatoms. The summed E-state index contributed by atoms with van der Waals surface area (Å²) in [4.78, 5) is 34.3. The molecule has 9 nitrogen and oxygen atoms in total. The van der Waals surface area contributed by atoms with Crippen molar-refractivity contribution in [1.82, 2.24) is 20.1 Å². The average Bonchev–Trinajstić information content (AvgIpc) is 3.42. The summed E-state index contributed by atoms with van der Waals surface area (Å²) in [5, 5.41) is 3.70. The summed E-state index contributed by atoms with van der Waals surface area (Å²) in [5.74, 6) is -0.321. The zero-order chi connectivity index (χ0) is 27.1. The third-order valence-corrected chi connectivity index (χ3v) is 8.63. The smallest absolute Gasteiger partial charge is 0.379 e. The van der Waals surface area contributed by atoms with Gasteiger partial charge < -0.3 is 29.3 Å². The number of hydrogen-bond acceptors (Lipinski definition) is 7. The molecule has 3 fully saturated rings. The number of carbonyl (C=O) groups is 2. The van der Waals surface area contributed by atoms with Crippen molar-refractivity contribution >= 4 is 11.8 Å². The van der Waals surface area contributed by atoms with Gasteiger partial charge in [-0.25, -0.2) is 0 Å². The first-order valence-electron chi connectivity index (χ1n) is 13.1. The minimum Gasteiger partial charge on any atom is -0.379 e. The number of alkyl halides is 3. The lowest BCUT2D eigenvalue weighted by Crippen LogP contribution is -2.52. The average molecular weight is 541 g/mol. The number of aromatic nitrogens is 1. The monoisotopic (exact) mass is 540 g/mol. The Morgan fingerprint density at radius 1 is 1.29 bits per heavy atom. The fourth-order valence-electron chi connectivity index (χ4n) is 6.74. The second-order valence-electron chi connectivity index (χ2n) is 10.9. The van der Waals surface area contributed by atoms with Gasteiger partial charge in [0.15, 0.2) is 0 Å². The number of rotatable bonds is 6. The van der Waals surface area contributed by atoms with Crippen LogP contribution in [-0.2, 0) is 42.9 Å². The van der Waals surface area contributed by atoms with E-state index >= 15 is 0 Å². The fourth-order valence-corrected chi connectivity index (χ4v) is 6.74. The third kappa shape index (κ3) is 5.15. The number of nitrogens with zero attached hydrogens (tertiary/aromatic N) is 3. The fraction of sp³-hybridized carbons (Fsp3) is 0.731. The van der Waals surface area contributed by atoms with Gasteiger partial charge in [0.05, 0.1) is 23.7 Å². The van der Waals surface area contributed by atoms with Gasteiger partial charge in [0.25, 0.3) is 0 Å². The lowest BCUT2D eigenvalue weighted by Gasteiger charge is -2.37. The Kier molecular flexibility index (Phi) is 7.69. The van der Waals surface area contributed by atoms with Crippen molar-refractivity contribution in [2.75, 3.05) is 53.7 Å². The Balaban J connectivity index is 1.37. The summed E-state index contributed by atoms with van der Waals surface area (Å²) in [6, 6.07) is 1.26. The van der Waals surface area contributed by atoms with Gasteiger partial charge in [-0.2, -0.15) is 13.2 Å². The molecule has 2 unspecified atom stereocenters. The number of carbonyl (C=O) groups excluding carboxylic acids is 2. The first-order valence-corrected chi connectivity index (χ1v) is 13.1. The highest BCUT2D eigenvalue weighted by atomic mass is 19.4. The Hall–Kier alpha value is -2.28. The van der Waals surface area contributed by atoms with E-state index in [-0.39, 0.29) is 55.6 Å². The van der Waals surface area contributed by atoms with Crippen molar-refractivity contribution in [1.29, 1.82) is 0 Å². The second-order valence-corrected chi connectivity index (χ2v) is 10.9. The van der Waals surface area contributed by atoms with Gasteiger partial charge in [0.2, 0.25) is 11.8 Å². The van der Waals surface area contributed by atoms with Crippen LogP contribution in [-0.4, -0.2) is 98.5 Å². The number of hydrogen-bond donors (Lipinski definition) is 1. The number of fused-ring (bicyclic) bond motifs is 2. The molecule has 4 heterocycles. The Morgan fingerprint density at radius 3 is 2.84 bits per heavy atom. The zero-order valence-electron chi connectivity index (χ0n) is 21.8. The summed E-state index contributed by atoms with van der Waals surface area (Å²) in [7, 11) is 3.12. The highest BCUT2D eigenvalue weighted by molar-refractivity contribution is 5.87. The summed E-state index contributed by atoms with van der Waals surface area (Å²) in [6.07, 6.45) is -1.25. The van der Waals surface area contributed by atoms with Crippen LogP contribution in [0.25, 0.3) is 0 Å². The molecular formula is C26H35F3N4O5. The molecule has 0 aromatic carbocycles. The molecule has 0 spiro atoms. The molecule has 1 saturated carbocycles. The predicted octanol–water partition coefficient (Wildman–Crippen LogP) is 1.63. The molecule has 2 saturated heterocycles. The topological polar surface area (TPSA) is 93.2 Å². The standard InChI is InChI=1S/C26H35F3N4O5/c1-36-14-23(34)33-12-18-8-19(31-21-4-6-38-13-22(21)37-2)9-25(18,15-33)24(35)32-5-3-20-16(11-32)7-17(10-30-20)26(27,28)29/h7,10,18-19,21-22,31H,3-6,8-9,11-15H2,1-2H3/t18-,19+,21?,22?,25-/m0/s1. The van der Waals surface area contributed by atoms with Crippen LogP contribution in [0.1, 0.15) is 36.1 Å². The molecule has 5 atom stereocenters. The Bertz CT molecular complexity index is 1060. The van der Waals surface area contributed by atoms with Gasteiger partial charge in [-0.1, -0.05) is 0 Å². The van der Waals surface area contributed by atoms with Gasteiger partial charge in [0, 0.05) is 77.4 Å². The van der Waals surface area contributed by atoms with E-state index in [1.807, 2.05) is 0 Å². The van der Waals surface area contributed by atoms with Crippen molar-refractivity contribution in [2.45, 2.75) is 56.6 Å². The van der Waals surface area contributed by atoms with Crippen molar-refractivity contribution < 1.29 is 37.0 Å². The number of methoxy groups -OCH3 is 2. The maximum Gasteiger partial charge on any atom is 0.417 e. The molecule has 1 aliphatic carbocycles. The maximum absolute atomic E-state index is 14.2. The molecule has 4 aliphatic rings. The number of ether oxygens (including phenoxy) is 3. The van der Waals surface area contributed by atoms with E-state index in [4.69, 9.17) is 14.2 Å². The second kappa shape index (κ2) is 10.7. The zero-order valence-corrected chi connectivity index (χ0v) is 21.8. The molecule has 0 radical (unpaired) electrons. The molecule has 3 aliphatic heterocycles. The van der Waals surface area contributed by atoms with E-state index in [0.717, 1.165) is 25.1 Å². The molecule has 210 valence electrons. The van der Waals surface area contributed by atoms with Crippen LogP contribution in [0.2, 0.25) is 0 Å². The minimum atomic E-state index is -4.50. The van der Waals surface area contributed by atoms with Crippen LogP contribution in [0.5, 0.6) is 0 Å². The molecule has 2 amide bonds. The highest BCUT2D eigenvalue weighted by Gasteiger charge is 2.59. The number of pyridine rings is 1. The molecule has 38 heavy (non-hydrogen) atoms. The van der Waals surface area contributed by atoms with Crippen LogP contribution in [0.15, 0.2) is 12.3 Å². The maximum atomic E-state index is 14.2. The van der Waals surface area contributed by atoms with E-state index < -0.39 is 17.2 Å². The van der Waals surface area contributed by atoms with Crippen molar-refractivity contribution in [3.05, 3.63) is 29.1 Å². The van der Waals surface area contributed by atoms with E-state index in [0.29, 0.717) is 50.4 Å². The van der Waals surface area contributed by atoms with E-state index in [9.17, 15) is 22.8 Å². The molecule has 0 bridgehead atoms. The summed E-state index contributed by atoms with van der Waals surface area (Å²) in [5.41, 5.74) is -0.597. The van der Waals surface area contributed by atoms with Gasteiger partial charge in [0.1, 0.15) is 6.61 Å². The van der Waals surface area contributed by atoms with E-state index in [1.54, 1.807) is 16.9 Å². The van der Waals surface area contributed by atoms with Crippen LogP contribution in [0.3, 0.4) is 0 Å². The highest BCUT2D eigenvalue weighted by Crippen LogP contribution is 2.50. The SMILES string of the molecule is COCC(=O)N1C[C@@H]2C[C@@H](NC3CCOCC3OC)C[C@]2(C(=O)N2CCc3ncc(C(F)(F)F)cc3C2)C1. The number of amides is 2. The van der Waals surface area contributed by atoms with Gasteiger partial charge >= 0.3 is 6.18 Å². The summed E-state index contributed by atoms with van der Waals surface area (Å²) >= 11 is 0. The molecule has 1 N–H and O–H groups in total. The van der Waals surface area contributed by atoms with Gasteiger partial charge in [-0.15, -0.1) is 0 Å². The quantitative estimate of drug-likeness (QED) is 0.587. The van der Waals surface area contributed by atoms with Crippen LogP contribution in [0, 0.1) is 11.3 Å². The molecule has 1 aromatic rings. The Morgan fingerprint density at radius 2 is 2.11 bits per heavy atom. The lowest BCUT2D eigenvalue weighted by atomic mass is 9.78.